The van der Waals surface area contributed by atoms with Crippen LogP contribution in [0.3, 0.4) is 0 Å². The third-order valence-corrected chi connectivity index (χ3v) is 4.43. The molecule has 4 heteroatoms. The topological polar surface area (TPSA) is 49.4 Å². The van der Waals surface area contributed by atoms with Crippen LogP contribution >= 0.6 is 0 Å². The fourth-order valence-corrected chi connectivity index (χ4v) is 2.89. The van der Waals surface area contributed by atoms with Crippen LogP contribution in [0.4, 0.5) is 0 Å². The third-order valence-electron chi connectivity index (χ3n) is 4.43. The van der Waals surface area contributed by atoms with Crippen molar-refractivity contribution in [1.82, 2.24) is 10.2 Å². The van der Waals surface area contributed by atoms with Crippen molar-refractivity contribution in [1.29, 1.82) is 0 Å². The zero-order valence-electron chi connectivity index (χ0n) is 16.1. The van der Waals surface area contributed by atoms with Crippen molar-refractivity contribution in [2.45, 2.75) is 46.7 Å². The molecule has 0 aliphatic heterocycles. The molecule has 0 aromatic heterocycles. The van der Waals surface area contributed by atoms with E-state index in [9.17, 15) is 9.59 Å². The smallest absolute Gasteiger partial charge is 0.242 e. The average molecular weight is 352 g/mol. The van der Waals surface area contributed by atoms with E-state index in [1.165, 1.54) is 0 Å². The maximum atomic E-state index is 13.0. The number of hydrogen-bond acceptors (Lipinski definition) is 2. The molecule has 1 atom stereocenters. The van der Waals surface area contributed by atoms with E-state index in [1.807, 2.05) is 63.2 Å². The quantitative estimate of drug-likeness (QED) is 0.830. The summed E-state index contributed by atoms with van der Waals surface area (Å²) in [6, 6.07) is 15.5. The molecule has 0 bridgehead atoms. The van der Waals surface area contributed by atoms with Gasteiger partial charge in [0.25, 0.3) is 0 Å². The Hall–Kier alpha value is -2.62. The summed E-state index contributed by atoms with van der Waals surface area (Å²) in [4.78, 5) is 27.0. The number of hydrogen-bond donors (Lipinski definition) is 1. The van der Waals surface area contributed by atoms with Crippen molar-refractivity contribution >= 4 is 11.8 Å². The zero-order valence-corrected chi connectivity index (χ0v) is 16.1. The van der Waals surface area contributed by atoms with Crippen LogP contribution in [0.15, 0.2) is 48.5 Å². The fraction of sp³-hybridized carbons (Fsp3) is 0.364. The van der Waals surface area contributed by atoms with Crippen LogP contribution in [0, 0.1) is 13.8 Å². The van der Waals surface area contributed by atoms with Gasteiger partial charge in [0.2, 0.25) is 11.8 Å². The highest BCUT2D eigenvalue weighted by atomic mass is 16.2. The minimum absolute atomic E-state index is 0.0471. The largest absolute Gasteiger partial charge is 0.355 e. The first-order valence-electron chi connectivity index (χ1n) is 9.09. The molecule has 2 amide bonds. The zero-order chi connectivity index (χ0) is 19.1. The predicted molar refractivity (Wildman–Crippen MR) is 105 cm³/mol. The van der Waals surface area contributed by atoms with Crippen molar-refractivity contribution in [3.05, 3.63) is 70.8 Å². The highest BCUT2D eigenvalue weighted by molar-refractivity contribution is 5.88. The summed E-state index contributed by atoms with van der Waals surface area (Å²) in [6.45, 7) is 8.68. The summed E-state index contributed by atoms with van der Waals surface area (Å²) in [5.41, 5.74) is 4.28. The number of aryl methyl sites for hydroxylation is 2. The molecular weight excluding hydrogens is 324 g/mol. The Labute approximate surface area is 156 Å². The lowest BCUT2D eigenvalue weighted by Crippen LogP contribution is -2.48. The monoisotopic (exact) mass is 352 g/mol. The Balaban J connectivity index is 2.21. The number of amides is 2. The highest BCUT2D eigenvalue weighted by Gasteiger charge is 2.25. The summed E-state index contributed by atoms with van der Waals surface area (Å²) in [5.74, 6) is -0.175. The van der Waals surface area contributed by atoms with E-state index < -0.39 is 6.04 Å². The summed E-state index contributed by atoms with van der Waals surface area (Å²) in [5, 5.41) is 2.82. The van der Waals surface area contributed by atoms with Crippen LogP contribution in [0.5, 0.6) is 0 Å². The lowest BCUT2D eigenvalue weighted by Gasteiger charge is -2.29. The molecule has 0 saturated carbocycles. The van der Waals surface area contributed by atoms with Crippen LogP contribution < -0.4 is 5.32 Å². The Morgan fingerprint density at radius 3 is 2.31 bits per heavy atom. The standard InChI is InChI=1S/C22H28N2O2/c1-5-23-22(26)18(4)24(15-20-8-6-7-17(3)13-20)21(25)14-19-11-9-16(2)10-12-19/h6-13,18H,5,14-15H2,1-4H3,(H,23,26)/t18-/m0/s1. The van der Waals surface area contributed by atoms with Crippen LogP contribution in [-0.4, -0.2) is 29.3 Å². The van der Waals surface area contributed by atoms with E-state index in [0.29, 0.717) is 13.1 Å². The van der Waals surface area contributed by atoms with Crippen LogP contribution in [-0.2, 0) is 22.6 Å². The van der Waals surface area contributed by atoms with Gasteiger partial charge in [-0.05, 0) is 38.8 Å². The SMILES string of the molecule is CCNC(=O)[C@H](C)N(Cc1cccc(C)c1)C(=O)Cc1ccc(C)cc1. The van der Waals surface area contributed by atoms with Crippen molar-refractivity contribution in [2.75, 3.05) is 6.54 Å². The van der Waals surface area contributed by atoms with Crippen molar-refractivity contribution in [3.63, 3.8) is 0 Å². The van der Waals surface area contributed by atoms with E-state index in [2.05, 4.69) is 11.4 Å². The average Bonchev–Trinajstić information content (AvgIpc) is 2.61. The lowest BCUT2D eigenvalue weighted by molar-refractivity contribution is -0.140. The normalized spacial score (nSPS) is 11.7. The number of likely N-dealkylation sites (N-methyl/N-ethyl adjacent to an activating group) is 1. The molecule has 0 unspecified atom stereocenters. The predicted octanol–water partition coefficient (Wildman–Crippen LogP) is 3.40. The Kier molecular flexibility index (Phi) is 6.96. The molecule has 26 heavy (non-hydrogen) atoms. The maximum Gasteiger partial charge on any atom is 0.242 e. The molecule has 0 saturated heterocycles. The molecule has 0 radical (unpaired) electrons. The van der Waals surface area contributed by atoms with Gasteiger partial charge in [0.05, 0.1) is 6.42 Å². The second-order valence-electron chi connectivity index (χ2n) is 6.74. The van der Waals surface area contributed by atoms with Gasteiger partial charge in [-0.25, -0.2) is 0 Å². The first kappa shape index (κ1) is 19.7. The number of carbonyl (C=O) groups is 2. The van der Waals surface area contributed by atoms with E-state index in [0.717, 1.165) is 22.3 Å². The lowest BCUT2D eigenvalue weighted by atomic mass is 10.1. The molecule has 0 heterocycles. The van der Waals surface area contributed by atoms with E-state index >= 15 is 0 Å². The second-order valence-corrected chi connectivity index (χ2v) is 6.74. The van der Waals surface area contributed by atoms with E-state index in [4.69, 9.17) is 0 Å². The molecule has 1 N–H and O–H groups in total. The van der Waals surface area contributed by atoms with Crippen LogP contribution in [0.2, 0.25) is 0 Å². The summed E-state index contributed by atoms with van der Waals surface area (Å²) >= 11 is 0. The molecule has 0 aliphatic carbocycles. The highest BCUT2D eigenvalue weighted by Crippen LogP contribution is 2.14. The molecule has 2 aromatic rings. The number of nitrogens with one attached hydrogen (secondary N) is 1. The van der Waals surface area contributed by atoms with E-state index in [-0.39, 0.29) is 18.2 Å². The molecule has 0 fully saturated rings. The van der Waals surface area contributed by atoms with Crippen molar-refractivity contribution in [2.24, 2.45) is 0 Å². The van der Waals surface area contributed by atoms with Gasteiger partial charge in [0.1, 0.15) is 6.04 Å². The Bertz CT molecular complexity index is 753. The molecule has 138 valence electrons. The van der Waals surface area contributed by atoms with Gasteiger partial charge in [-0.1, -0.05) is 59.7 Å². The summed E-state index contributed by atoms with van der Waals surface area (Å²) < 4.78 is 0. The molecule has 2 rings (SSSR count). The maximum absolute atomic E-state index is 13.0. The van der Waals surface area contributed by atoms with Gasteiger partial charge in [-0.3, -0.25) is 9.59 Å². The first-order valence-corrected chi connectivity index (χ1v) is 9.09. The van der Waals surface area contributed by atoms with Crippen molar-refractivity contribution < 1.29 is 9.59 Å². The molecule has 0 spiro atoms. The van der Waals surface area contributed by atoms with Gasteiger partial charge in [-0.2, -0.15) is 0 Å². The third kappa shape index (κ3) is 5.45. The Morgan fingerprint density at radius 2 is 1.69 bits per heavy atom. The van der Waals surface area contributed by atoms with Gasteiger partial charge in [0, 0.05) is 13.1 Å². The van der Waals surface area contributed by atoms with Crippen molar-refractivity contribution in [3.8, 4) is 0 Å². The Morgan fingerprint density at radius 1 is 1.00 bits per heavy atom. The molecule has 0 aliphatic rings. The first-order chi connectivity index (χ1) is 12.4. The molecule has 2 aromatic carbocycles. The minimum Gasteiger partial charge on any atom is -0.355 e. The van der Waals surface area contributed by atoms with Crippen LogP contribution in [0.1, 0.15) is 36.1 Å². The number of carbonyl (C=O) groups excluding carboxylic acids is 2. The fourth-order valence-electron chi connectivity index (χ4n) is 2.89. The number of nitrogens with zero attached hydrogens (tertiary/aromatic N) is 1. The minimum atomic E-state index is -0.520. The van der Waals surface area contributed by atoms with Gasteiger partial charge in [-0.15, -0.1) is 0 Å². The molecular formula is C22H28N2O2. The van der Waals surface area contributed by atoms with Crippen LogP contribution in [0.25, 0.3) is 0 Å². The van der Waals surface area contributed by atoms with Gasteiger partial charge < -0.3 is 10.2 Å². The summed E-state index contributed by atoms with van der Waals surface area (Å²) in [7, 11) is 0. The number of benzene rings is 2. The van der Waals surface area contributed by atoms with Gasteiger partial charge >= 0.3 is 0 Å². The van der Waals surface area contributed by atoms with Gasteiger partial charge in [0.15, 0.2) is 0 Å². The second kappa shape index (κ2) is 9.18. The van der Waals surface area contributed by atoms with E-state index in [1.54, 1.807) is 11.8 Å². The summed E-state index contributed by atoms with van der Waals surface area (Å²) in [6.07, 6.45) is 0.288. The number of rotatable bonds is 7. The molecule has 4 nitrogen and oxygen atoms in total.